The summed E-state index contributed by atoms with van der Waals surface area (Å²) in [7, 11) is 0. The summed E-state index contributed by atoms with van der Waals surface area (Å²) in [6.07, 6.45) is 0.875. The van der Waals surface area contributed by atoms with E-state index in [0.717, 1.165) is 38.2 Å². The number of nitrogens with zero attached hydrogens (tertiary/aromatic N) is 2. The molecule has 1 aromatic carbocycles. The Kier molecular flexibility index (Phi) is 8.21. The summed E-state index contributed by atoms with van der Waals surface area (Å²) in [6, 6.07) is 3.33. The molecule has 2 heterocycles. The molecule has 142 valence electrons. The number of rotatable bonds is 5. The minimum Gasteiger partial charge on any atom is -0.454 e. The Balaban J connectivity index is 0.00000156. The number of fused-ring (bicyclic) bond motifs is 1. The second kappa shape index (κ2) is 9.43. The fourth-order valence-corrected chi connectivity index (χ4v) is 3.29. The van der Waals surface area contributed by atoms with E-state index in [1.54, 1.807) is 6.07 Å². The molecule has 0 aromatic heterocycles. The third-order valence-corrected chi connectivity index (χ3v) is 4.36. The van der Waals surface area contributed by atoms with Crippen molar-refractivity contribution in [3.63, 3.8) is 0 Å². The highest BCUT2D eigenvalue weighted by Gasteiger charge is 2.32. The van der Waals surface area contributed by atoms with Crippen molar-refractivity contribution in [2.45, 2.75) is 26.3 Å². The van der Waals surface area contributed by atoms with E-state index < -0.39 is 0 Å². The third-order valence-electron chi connectivity index (χ3n) is 4.36. The lowest BCUT2D eigenvalue weighted by Gasteiger charge is -2.36. The Labute approximate surface area is 160 Å². The summed E-state index contributed by atoms with van der Waals surface area (Å²) in [6.45, 7) is 8.02. The van der Waals surface area contributed by atoms with E-state index in [4.69, 9.17) is 9.47 Å². The molecular formula is C16H25Cl2N3O4. The topological polar surface area (TPSA) is 76.9 Å². The van der Waals surface area contributed by atoms with Crippen molar-refractivity contribution in [2.24, 2.45) is 5.92 Å². The molecule has 1 saturated heterocycles. The SMILES string of the molecule is CC(C)C[C@@H](c1cc2c(cc1[N+](=O)[O-])OCO2)N1CCNCC1.Cl.Cl. The van der Waals surface area contributed by atoms with Crippen LogP contribution < -0.4 is 14.8 Å². The van der Waals surface area contributed by atoms with Gasteiger partial charge < -0.3 is 14.8 Å². The monoisotopic (exact) mass is 393 g/mol. The number of ether oxygens (including phenoxy) is 2. The average Bonchev–Trinajstić information content (AvgIpc) is 2.99. The minimum atomic E-state index is -0.313. The van der Waals surface area contributed by atoms with Crippen LogP contribution in [0.2, 0.25) is 0 Å². The molecule has 0 amide bonds. The van der Waals surface area contributed by atoms with Gasteiger partial charge in [0, 0.05) is 32.2 Å². The fourth-order valence-electron chi connectivity index (χ4n) is 3.29. The van der Waals surface area contributed by atoms with Crippen molar-refractivity contribution in [3.05, 3.63) is 27.8 Å². The number of hydrogen-bond donors (Lipinski definition) is 1. The maximum atomic E-state index is 11.6. The van der Waals surface area contributed by atoms with Crippen LogP contribution in [0.1, 0.15) is 31.9 Å². The van der Waals surface area contributed by atoms with E-state index in [0.29, 0.717) is 17.4 Å². The predicted octanol–water partition coefficient (Wildman–Crippen LogP) is 3.16. The van der Waals surface area contributed by atoms with Gasteiger partial charge in [0.15, 0.2) is 11.5 Å². The van der Waals surface area contributed by atoms with Gasteiger partial charge in [-0.05, 0) is 18.4 Å². The highest BCUT2D eigenvalue weighted by atomic mass is 35.5. The van der Waals surface area contributed by atoms with Crippen LogP contribution in [0.15, 0.2) is 12.1 Å². The smallest absolute Gasteiger partial charge is 0.278 e. The highest BCUT2D eigenvalue weighted by Crippen LogP contribution is 2.43. The van der Waals surface area contributed by atoms with Gasteiger partial charge in [-0.25, -0.2) is 0 Å². The maximum absolute atomic E-state index is 11.6. The fraction of sp³-hybridized carbons (Fsp3) is 0.625. The first kappa shape index (κ1) is 21.8. The molecule has 7 nitrogen and oxygen atoms in total. The summed E-state index contributed by atoms with van der Waals surface area (Å²) >= 11 is 0. The number of halogens is 2. The number of nitro groups is 1. The molecule has 25 heavy (non-hydrogen) atoms. The van der Waals surface area contributed by atoms with E-state index in [-0.39, 0.29) is 48.3 Å². The largest absolute Gasteiger partial charge is 0.454 e. The van der Waals surface area contributed by atoms with Gasteiger partial charge >= 0.3 is 0 Å². The average molecular weight is 394 g/mol. The van der Waals surface area contributed by atoms with Crippen LogP contribution in [0.3, 0.4) is 0 Å². The van der Waals surface area contributed by atoms with E-state index >= 15 is 0 Å². The molecule has 0 spiro atoms. The summed E-state index contributed by atoms with van der Waals surface area (Å²) in [5.41, 5.74) is 0.855. The summed E-state index contributed by atoms with van der Waals surface area (Å²) in [5.74, 6) is 1.51. The second-order valence-electron chi connectivity index (χ2n) is 6.45. The Morgan fingerprint density at radius 3 is 2.36 bits per heavy atom. The van der Waals surface area contributed by atoms with Crippen molar-refractivity contribution in [1.29, 1.82) is 0 Å². The molecule has 0 saturated carbocycles. The highest BCUT2D eigenvalue weighted by molar-refractivity contribution is 5.85. The van der Waals surface area contributed by atoms with Crippen molar-refractivity contribution in [1.82, 2.24) is 10.2 Å². The van der Waals surface area contributed by atoms with Crippen LogP contribution in [0.4, 0.5) is 5.69 Å². The summed E-state index contributed by atoms with van der Waals surface area (Å²) in [5, 5.41) is 14.9. The third kappa shape index (κ3) is 4.88. The molecule has 0 unspecified atom stereocenters. The Morgan fingerprint density at radius 2 is 1.80 bits per heavy atom. The predicted molar refractivity (Wildman–Crippen MR) is 100 cm³/mol. The van der Waals surface area contributed by atoms with E-state index in [2.05, 4.69) is 24.1 Å². The van der Waals surface area contributed by atoms with Gasteiger partial charge in [0.1, 0.15) is 0 Å². The second-order valence-corrected chi connectivity index (χ2v) is 6.45. The number of hydrogen-bond acceptors (Lipinski definition) is 6. The van der Waals surface area contributed by atoms with Crippen LogP contribution in [0.25, 0.3) is 0 Å². The lowest BCUT2D eigenvalue weighted by molar-refractivity contribution is -0.386. The zero-order chi connectivity index (χ0) is 16.4. The first-order valence-corrected chi connectivity index (χ1v) is 8.09. The Hall–Kier alpha value is -1.28. The Morgan fingerprint density at radius 1 is 1.20 bits per heavy atom. The van der Waals surface area contributed by atoms with Crippen LogP contribution >= 0.6 is 24.8 Å². The van der Waals surface area contributed by atoms with Gasteiger partial charge in [-0.1, -0.05) is 13.8 Å². The molecule has 2 aliphatic rings. The van der Waals surface area contributed by atoms with E-state index in [9.17, 15) is 10.1 Å². The van der Waals surface area contributed by atoms with Crippen molar-refractivity contribution in [3.8, 4) is 11.5 Å². The van der Waals surface area contributed by atoms with E-state index in [1.165, 1.54) is 6.07 Å². The molecule has 9 heteroatoms. The first-order chi connectivity index (χ1) is 11.1. The van der Waals surface area contributed by atoms with Crippen LogP contribution in [-0.2, 0) is 0 Å². The molecule has 3 rings (SSSR count). The number of piperazine rings is 1. The zero-order valence-corrected chi connectivity index (χ0v) is 16.0. The summed E-state index contributed by atoms with van der Waals surface area (Å²) in [4.78, 5) is 13.6. The minimum absolute atomic E-state index is 0. The molecule has 0 radical (unpaired) electrons. The van der Waals surface area contributed by atoms with Crippen molar-refractivity contribution >= 4 is 30.5 Å². The molecule has 0 bridgehead atoms. The van der Waals surface area contributed by atoms with Crippen LogP contribution in [0.5, 0.6) is 11.5 Å². The summed E-state index contributed by atoms with van der Waals surface area (Å²) < 4.78 is 10.7. The van der Waals surface area contributed by atoms with Gasteiger partial charge in [0.25, 0.3) is 5.69 Å². The number of nitrogens with one attached hydrogen (secondary N) is 1. The van der Waals surface area contributed by atoms with E-state index in [1.807, 2.05) is 0 Å². The molecule has 1 N–H and O–H groups in total. The number of benzene rings is 1. The lowest BCUT2D eigenvalue weighted by Crippen LogP contribution is -2.45. The molecule has 0 aliphatic carbocycles. The van der Waals surface area contributed by atoms with Gasteiger partial charge in [-0.3, -0.25) is 15.0 Å². The standard InChI is InChI=1S/C16H23N3O4.2ClH/c1-11(2)7-13(18-5-3-17-4-6-18)12-8-15-16(23-10-22-15)9-14(12)19(20)21;;/h8-9,11,13,17H,3-7,10H2,1-2H3;2*1H/t13-;;/m0../s1. The molecule has 1 atom stereocenters. The van der Waals surface area contributed by atoms with Gasteiger partial charge in [-0.2, -0.15) is 0 Å². The normalized spacial score (nSPS) is 17.6. The van der Waals surface area contributed by atoms with Crippen molar-refractivity contribution < 1.29 is 14.4 Å². The van der Waals surface area contributed by atoms with Crippen molar-refractivity contribution in [2.75, 3.05) is 33.0 Å². The zero-order valence-electron chi connectivity index (χ0n) is 14.4. The molecule has 2 aliphatic heterocycles. The van der Waals surface area contributed by atoms with Crippen LogP contribution in [-0.4, -0.2) is 42.8 Å². The molecular weight excluding hydrogens is 369 g/mol. The number of nitro benzene ring substituents is 1. The van der Waals surface area contributed by atoms with Gasteiger partial charge in [0.05, 0.1) is 16.6 Å². The first-order valence-electron chi connectivity index (χ1n) is 8.09. The van der Waals surface area contributed by atoms with Crippen LogP contribution in [0, 0.1) is 16.0 Å². The molecule has 1 aromatic rings. The lowest BCUT2D eigenvalue weighted by atomic mass is 9.93. The van der Waals surface area contributed by atoms with Gasteiger partial charge in [0.2, 0.25) is 6.79 Å². The van der Waals surface area contributed by atoms with Gasteiger partial charge in [-0.15, -0.1) is 24.8 Å². The maximum Gasteiger partial charge on any atom is 0.278 e. The Bertz CT molecular complexity index is 595. The quantitative estimate of drug-likeness (QED) is 0.611. The molecule has 1 fully saturated rings.